The molecule has 3 N–H and O–H groups in total. The second-order valence-electron chi connectivity index (χ2n) is 5.58. The van der Waals surface area contributed by atoms with E-state index in [1.807, 2.05) is 0 Å². The first-order chi connectivity index (χ1) is 11.9. The first-order valence-electron chi connectivity index (χ1n) is 7.42. The van der Waals surface area contributed by atoms with Crippen molar-refractivity contribution in [3.05, 3.63) is 56.8 Å². The summed E-state index contributed by atoms with van der Waals surface area (Å²) in [4.78, 5) is 45.6. The zero-order valence-corrected chi connectivity index (χ0v) is 13.6. The lowest BCUT2D eigenvalue weighted by Crippen LogP contribution is -2.30. The van der Waals surface area contributed by atoms with Crippen LogP contribution in [0.4, 0.5) is 4.79 Å². The van der Waals surface area contributed by atoms with Gasteiger partial charge in [0.25, 0.3) is 5.56 Å². The normalized spacial score (nSPS) is 12.2. The monoisotopic (exact) mass is 344 g/mol. The van der Waals surface area contributed by atoms with Crippen LogP contribution in [0.1, 0.15) is 17.4 Å². The average Bonchev–Trinajstić information content (AvgIpc) is 2.91. The van der Waals surface area contributed by atoms with Crippen LogP contribution in [0.25, 0.3) is 11.2 Å². The van der Waals surface area contributed by atoms with Crippen LogP contribution in [0, 0.1) is 0 Å². The molecule has 0 saturated carbocycles. The van der Waals surface area contributed by atoms with Crippen LogP contribution in [0.15, 0.2) is 34.1 Å². The van der Waals surface area contributed by atoms with Gasteiger partial charge in [0, 0.05) is 32.9 Å². The topological polar surface area (TPSA) is 135 Å². The van der Waals surface area contributed by atoms with Gasteiger partial charge < -0.3 is 15.0 Å². The Morgan fingerprint density at radius 2 is 1.96 bits per heavy atom. The Morgan fingerprint density at radius 3 is 2.60 bits per heavy atom. The van der Waals surface area contributed by atoms with Gasteiger partial charge in [-0.05, 0) is 17.7 Å². The van der Waals surface area contributed by atoms with Crippen molar-refractivity contribution in [2.75, 3.05) is 0 Å². The summed E-state index contributed by atoms with van der Waals surface area (Å²) in [5, 5.41) is 11.6. The highest BCUT2D eigenvalue weighted by Gasteiger charge is 2.23. The molecule has 3 heterocycles. The van der Waals surface area contributed by atoms with Gasteiger partial charge in [0.05, 0.1) is 6.04 Å². The number of carbonyl (C=O) groups is 1. The van der Waals surface area contributed by atoms with E-state index in [0.717, 1.165) is 5.56 Å². The molecule has 0 fully saturated rings. The number of aromatic nitrogens is 5. The van der Waals surface area contributed by atoms with Crippen molar-refractivity contribution >= 4 is 17.3 Å². The number of aromatic amines is 1. The number of amides is 1. The van der Waals surface area contributed by atoms with Crippen molar-refractivity contribution in [2.45, 2.75) is 12.5 Å². The minimum atomic E-state index is -1.21. The number of nitrogens with zero attached hydrogens (tertiary/aromatic N) is 4. The van der Waals surface area contributed by atoms with Crippen LogP contribution in [-0.4, -0.2) is 35.3 Å². The van der Waals surface area contributed by atoms with E-state index in [9.17, 15) is 14.4 Å². The molecule has 25 heavy (non-hydrogen) atoms. The summed E-state index contributed by atoms with van der Waals surface area (Å²) in [5.41, 5.74) is 0.0853. The maximum Gasteiger partial charge on any atom is 0.405 e. The van der Waals surface area contributed by atoms with Gasteiger partial charge in [0.1, 0.15) is 5.82 Å². The zero-order chi connectivity index (χ0) is 18.1. The molecule has 0 spiro atoms. The van der Waals surface area contributed by atoms with Crippen molar-refractivity contribution in [1.82, 2.24) is 29.4 Å². The molecule has 1 unspecified atom stereocenters. The number of fused-ring (bicyclic) bond motifs is 1. The number of imidazole rings is 1. The van der Waals surface area contributed by atoms with Gasteiger partial charge in [0.15, 0.2) is 11.2 Å². The van der Waals surface area contributed by atoms with E-state index in [0.29, 0.717) is 12.2 Å². The summed E-state index contributed by atoms with van der Waals surface area (Å²) in [7, 11) is 3.09. The molecule has 10 nitrogen and oxygen atoms in total. The number of pyridine rings is 1. The number of rotatable bonds is 4. The zero-order valence-electron chi connectivity index (χ0n) is 13.6. The third-order valence-corrected chi connectivity index (χ3v) is 3.97. The minimum Gasteiger partial charge on any atom is -0.465 e. The molecular weight excluding hydrogens is 328 g/mol. The standard InChI is InChI=1S/C15H16N6O4/c1-20-10-12(21(2)14(23)19-13(10)22)18-11(20)9(17-15(24)25)7-8-3-5-16-6-4-8/h3-6,9,17H,7H2,1-2H3,(H,24,25)(H,19,22,23). The molecule has 0 aliphatic carbocycles. The van der Waals surface area contributed by atoms with Crippen molar-refractivity contribution in [1.29, 1.82) is 0 Å². The van der Waals surface area contributed by atoms with Crippen LogP contribution in [0.5, 0.6) is 0 Å². The second kappa shape index (κ2) is 6.23. The van der Waals surface area contributed by atoms with Gasteiger partial charge in [-0.1, -0.05) is 0 Å². The summed E-state index contributed by atoms with van der Waals surface area (Å²) in [6, 6.07) is 2.83. The number of aryl methyl sites for hydroxylation is 2. The first kappa shape index (κ1) is 16.4. The summed E-state index contributed by atoms with van der Waals surface area (Å²) < 4.78 is 2.71. The Bertz CT molecular complexity index is 1050. The number of hydrogen-bond donors (Lipinski definition) is 3. The van der Waals surface area contributed by atoms with Crippen molar-refractivity contribution in [3.63, 3.8) is 0 Å². The quantitative estimate of drug-likeness (QED) is 0.605. The molecule has 0 aromatic carbocycles. The first-order valence-corrected chi connectivity index (χ1v) is 7.42. The van der Waals surface area contributed by atoms with Crippen LogP contribution < -0.4 is 16.6 Å². The van der Waals surface area contributed by atoms with Crippen LogP contribution in [0.3, 0.4) is 0 Å². The predicted molar refractivity (Wildman–Crippen MR) is 88.4 cm³/mol. The van der Waals surface area contributed by atoms with E-state index in [2.05, 4.69) is 20.3 Å². The lowest BCUT2D eigenvalue weighted by Gasteiger charge is -2.16. The Morgan fingerprint density at radius 1 is 1.28 bits per heavy atom. The van der Waals surface area contributed by atoms with E-state index in [4.69, 9.17) is 5.11 Å². The van der Waals surface area contributed by atoms with Crippen molar-refractivity contribution in [2.24, 2.45) is 14.1 Å². The number of H-pyrrole nitrogens is 1. The third-order valence-electron chi connectivity index (χ3n) is 3.97. The molecule has 3 aromatic heterocycles. The molecule has 3 rings (SSSR count). The molecule has 0 radical (unpaired) electrons. The maximum atomic E-state index is 12.1. The van der Waals surface area contributed by atoms with Gasteiger partial charge in [0.2, 0.25) is 0 Å². The molecular formula is C15H16N6O4. The largest absolute Gasteiger partial charge is 0.465 e. The summed E-state index contributed by atoms with van der Waals surface area (Å²) in [5.74, 6) is 0.334. The molecule has 0 aliphatic rings. The van der Waals surface area contributed by atoms with Gasteiger partial charge in [-0.25, -0.2) is 14.6 Å². The average molecular weight is 344 g/mol. The highest BCUT2D eigenvalue weighted by molar-refractivity contribution is 5.71. The lowest BCUT2D eigenvalue weighted by atomic mass is 10.1. The van der Waals surface area contributed by atoms with E-state index < -0.39 is 23.4 Å². The molecule has 1 atom stereocenters. The summed E-state index contributed by atoms with van der Waals surface area (Å²) >= 11 is 0. The molecule has 3 aromatic rings. The van der Waals surface area contributed by atoms with Gasteiger partial charge >= 0.3 is 11.8 Å². The molecule has 0 aliphatic heterocycles. The SMILES string of the molecule is Cn1c(C(Cc2ccncc2)NC(=O)O)nc2c1c(=O)[nH]c(=O)n2C. The van der Waals surface area contributed by atoms with Crippen LogP contribution >= 0.6 is 0 Å². The third kappa shape index (κ3) is 3.01. The van der Waals surface area contributed by atoms with Crippen molar-refractivity contribution in [3.8, 4) is 0 Å². The van der Waals surface area contributed by atoms with Gasteiger partial charge in [-0.3, -0.25) is 19.3 Å². The van der Waals surface area contributed by atoms with Gasteiger partial charge in [-0.15, -0.1) is 0 Å². The summed E-state index contributed by atoms with van der Waals surface area (Å²) in [6.45, 7) is 0. The number of carboxylic acid groups (broad SMARTS) is 1. The van der Waals surface area contributed by atoms with Crippen molar-refractivity contribution < 1.29 is 9.90 Å². The van der Waals surface area contributed by atoms with E-state index >= 15 is 0 Å². The Labute approximate surface area is 140 Å². The highest BCUT2D eigenvalue weighted by Crippen LogP contribution is 2.20. The summed E-state index contributed by atoms with van der Waals surface area (Å²) in [6.07, 6.45) is 2.32. The number of nitrogens with one attached hydrogen (secondary N) is 2. The molecule has 0 saturated heterocycles. The van der Waals surface area contributed by atoms with Gasteiger partial charge in [-0.2, -0.15) is 0 Å². The highest BCUT2D eigenvalue weighted by atomic mass is 16.4. The molecule has 0 bridgehead atoms. The Balaban J connectivity index is 2.16. The fraction of sp³-hybridized carbons (Fsp3) is 0.267. The second-order valence-corrected chi connectivity index (χ2v) is 5.58. The molecule has 10 heteroatoms. The van der Waals surface area contributed by atoms with E-state index in [-0.39, 0.29) is 11.2 Å². The van der Waals surface area contributed by atoms with E-state index in [1.54, 1.807) is 31.6 Å². The maximum absolute atomic E-state index is 12.1. The van der Waals surface area contributed by atoms with Crippen LogP contribution in [0.2, 0.25) is 0 Å². The predicted octanol–water partition coefficient (Wildman–Crippen LogP) is -0.0933. The molecule has 1 amide bonds. The smallest absolute Gasteiger partial charge is 0.405 e. The van der Waals surface area contributed by atoms with Crippen LogP contribution in [-0.2, 0) is 20.5 Å². The Kier molecular flexibility index (Phi) is 4.09. The fourth-order valence-corrected chi connectivity index (χ4v) is 2.75. The Hall–Kier alpha value is -3.43. The lowest BCUT2D eigenvalue weighted by molar-refractivity contribution is 0.189. The minimum absolute atomic E-state index is 0.193. The van der Waals surface area contributed by atoms with E-state index in [1.165, 1.54) is 16.2 Å². The fourth-order valence-electron chi connectivity index (χ4n) is 2.75. The molecule has 130 valence electrons. The number of hydrogen-bond acceptors (Lipinski definition) is 5.